The predicted molar refractivity (Wildman–Crippen MR) is 99.9 cm³/mol. The second-order valence-electron chi connectivity index (χ2n) is 6.73. The van der Waals surface area contributed by atoms with Crippen LogP contribution in [-0.4, -0.2) is 24.1 Å². The van der Waals surface area contributed by atoms with Gasteiger partial charge in [-0.25, -0.2) is 0 Å². The van der Waals surface area contributed by atoms with Gasteiger partial charge in [0, 0.05) is 17.5 Å². The number of halogens is 1. The molecule has 0 aromatic heterocycles. The first-order valence-corrected chi connectivity index (χ1v) is 8.66. The fraction of sp³-hybridized carbons (Fsp3) is 0.300. The lowest BCUT2D eigenvalue weighted by atomic mass is 9.81. The van der Waals surface area contributed by atoms with Crippen LogP contribution in [0.15, 0.2) is 36.4 Å². The number of amides is 1. The van der Waals surface area contributed by atoms with Crippen LogP contribution in [-0.2, 0) is 22.4 Å². The van der Waals surface area contributed by atoms with E-state index in [4.69, 9.17) is 16.3 Å². The molecule has 0 fully saturated rings. The summed E-state index contributed by atoms with van der Waals surface area (Å²) in [5.74, 6) is -0.878. The number of carboxylic acids is 1. The summed E-state index contributed by atoms with van der Waals surface area (Å²) in [4.78, 5) is 24.6. The molecule has 0 heterocycles. The highest BCUT2D eigenvalue weighted by atomic mass is 35.5. The average molecular weight is 374 g/mol. The number of carbonyl (C=O) groups is 2. The molecule has 2 aromatic rings. The molecule has 136 valence electrons. The molecule has 6 heteroatoms. The standard InChI is InChI=1S/C20H20ClNO4/c1-12-7-16(17(26-2)8-15(12)21)22-18(23)11-20(19(24)25)9-13-5-3-4-6-14(13)10-20/h3-8H,9-11H2,1-2H3,(H,22,23)(H,24,25). The maximum atomic E-state index is 12.6. The highest BCUT2D eigenvalue weighted by molar-refractivity contribution is 6.31. The first-order valence-electron chi connectivity index (χ1n) is 8.29. The molecule has 0 atom stereocenters. The van der Waals surface area contributed by atoms with Gasteiger partial charge in [0.2, 0.25) is 5.91 Å². The Morgan fingerprint density at radius 2 is 1.85 bits per heavy atom. The van der Waals surface area contributed by atoms with E-state index in [2.05, 4.69) is 5.32 Å². The van der Waals surface area contributed by atoms with Gasteiger partial charge in [-0.2, -0.15) is 0 Å². The highest BCUT2D eigenvalue weighted by Crippen LogP contribution is 2.40. The molecule has 1 aliphatic carbocycles. The third-order valence-corrected chi connectivity index (χ3v) is 5.29. The zero-order chi connectivity index (χ0) is 18.9. The Bertz CT molecular complexity index is 853. The van der Waals surface area contributed by atoms with E-state index in [1.165, 1.54) is 7.11 Å². The van der Waals surface area contributed by atoms with Crippen LogP contribution in [0.25, 0.3) is 0 Å². The van der Waals surface area contributed by atoms with E-state index in [-0.39, 0.29) is 12.3 Å². The Hall–Kier alpha value is -2.53. The van der Waals surface area contributed by atoms with Gasteiger partial charge in [-0.15, -0.1) is 0 Å². The van der Waals surface area contributed by atoms with Gasteiger partial charge in [-0.3, -0.25) is 9.59 Å². The van der Waals surface area contributed by atoms with Crippen LogP contribution >= 0.6 is 11.6 Å². The van der Waals surface area contributed by atoms with Crippen LogP contribution in [0.2, 0.25) is 5.02 Å². The molecule has 3 rings (SSSR count). The zero-order valence-corrected chi connectivity index (χ0v) is 15.4. The lowest BCUT2D eigenvalue weighted by molar-refractivity contribution is -0.150. The Balaban J connectivity index is 1.81. The number of ether oxygens (including phenoxy) is 1. The number of aryl methyl sites for hydroxylation is 1. The number of carbonyl (C=O) groups excluding carboxylic acids is 1. The number of anilines is 1. The maximum Gasteiger partial charge on any atom is 0.310 e. The van der Waals surface area contributed by atoms with Crippen molar-refractivity contribution in [3.8, 4) is 5.75 Å². The Kier molecular flexibility index (Phi) is 4.92. The normalized spacial score (nSPS) is 14.6. The van der Waals surface area contributed by atoms with Crippen LogP contribution in [0.1, 0.15) is 23.1 Å². The van der Waals surface area contributed by atoms with Gasteiger partial charge in [-0.1, -0.05) is 35.9 Å². The van der Waals surface area contributed by atoms with E-state index in [1.807, 2.05) is 31.2 Å². The third kappa shape index (κ3) is 3.40. The van der Waals surface area contributed by atoms with Crippen molar-refractivity contribution in [2.24, 2.45) is 5.41 Å². The molecule has 0 unspecified atom stereocenters. The van der Waals surface area contributed by atoms with Crippen molar-refractivity contribution in [3.63, 3.8) is 0 Å². The molecule has 1 aliphatic rings. The van der Waals surface area contributed by atoms with Crippen LogP contribution in [0.4, 0.5) is 5.69 Å². The average Bonchev–Trinajstić information content (AvgIpc) is 2.97. The Morgan fingerprint density at radius 1 is 1.23 bits per heavy atom. The van der Waals surface area contributed by atoms with Gasteiger partial charge in [0.25, 0.3) is 0 Å². The molecule has 2 aromatic carbocycles. The molecule has 0 bridgehead atoms. The molecule has 5 nitrogen and oxygen atoms in total. The van der Waals surface area contributed by atoms with E-state index >= 15 is 0 Å². The van der Waals surface area contributed by atoms with Crippen molar-refractivity contribution in [3.05, 3.63) is 58.1 Å². The number of nitrogens with one attached hydrogen (secondary N) is 1. The summed E-state index contributed by atoms with van der Waals surface area (Å²) in [6.45, 7) is 1.82. The summed E-state index contributed by atoms with van der Waals surface area (Å²) in [5.41, 5.74) is 2.13. The monoisotopic (exact) mass is 373 g/mol. The largest absolute Gasteiger partial charge is 0.495 e. The zero-order valence-electron chi connectivity index (χ0n) is 14.6. The number of aliphatic carboxylic acids is 1. The lowest BCUT2D eigenvalue weighted by Crippen LogP contribution is -2.36. The molecular weight excluding hydrogens is 354 g/mol. The van der Waals surface area contributed by atoms with Gasteiger partial charge in [0.05, 0.1) is 18.2 Å². The van der Waals surface area contributed by atoms with Crippen LogP contribution in [0.3, 0.4) is 0 Å². The highest BCUT2D eigenvalue weighted by Gasteiger charge is 2.45. The van der Waals surface area contributed by atoms with Crippen molar-refractivity contribution in [1.29, 1.82) is 0 Å². The van der Waals surface area contributed by atoms with Crippen molar-refractivity contribution in [1.82, 2.24) is 0 Å². The van der Waals surface area contributed by atoms with Crippen molar-refractivity contribution < 1.29 is 19.4 Å². The SMILES string of the molecule is COc1cc(Cl)c(C)cc1NC(=O)CC1(C(=O)O)Cc2ccccc2C1. The Labute approximate surface area is 156 Å². The van der Waals surface area contributed by atoms with Crippen LogP contribution in [0.5, 0.6) is 5.75 Å². The van der Waals surface area contributed by atoms with E-state index in [0.717, 1.165) is 16.7 Å². The maximum absolute atomic E-state index is 12.6. The minimum atomic E-state index is -1.12. The third-order valence-electron chi connectivity index (χ3n) is 4.88. The molecule has 2 N–H and O–H groups in total. The molecule has 26 heavy (non-hydrogen) atoms. The second-order valence-corrected chi connectivity index (χ2v) is 7.14. The number of methoxy groups -OCH3 is 1. The van der Waals surface area contributed by atoms with Gasteiger partial charge < -0.3 is 15.2 Å². The smallest absolute Gasteiger partial charge is 0.310 e. The van der Waals surface area contributed by atoms with E-state index in [0.29, 0.717) is 29.3 Å². The Morgan fingerprint density at radius 3 is 2.38 bits per heavy atom. The van der Waals surface area contributed by atoms with Crippen molar-refractivity contribution in [2.75, 3.05) is 12.4 Å². The fourth-order valence-electron chi connectivity index (χ4n) is 3.48. The summed E-state index contributed by atoms with van der Waals surface area (Å²) in [6.07, 6.45) is 0.591. The van der Waals surface area contributed by atoms with Crippen LogP contribution < -0.4 is 10.1 Å². The second kappa shape index (κ2) is 7.00. The number of hydrogen-bond donors (Lipinski definition) is 2. The minimum Gasteiger partial charge on any atom is -0.495 e. The summed E-state index contributed by atoms with van der Waals surface area (Å²) >= 11 is 6.08. The van der Waals surface area contributed by atoms with Crippen LogP contribution in [0, 0.1) is 12.3 Å². The summed E-state index contributed by atoms with van der Waals surface area (Å²) in [7, 11) is 1.49. The lowest BCUT2D eigenvalue weighted by Gasteiger charge is -2.23. The van der Waals surface area contributed by atoms with E-state index in [9.17, 15) is 14.7 Å². The van der Waals surface area contributed by atoms with E-state index < -0.39 is 11.4 Å². The predicted octanol–water partition coefficient (Wildman–Crippen LogP) is 3.86. The molecule has 0 saturated heterocycles. The molecule has 0 aliphatic heterocycles. The number of carboxylic acid groups (broad SMARTS) is 1. The number of hydrogen-bond acceptors (Lipinski definition) is 3. The van der Waals surface area contributed by atoms with Gasteiger partial charge in [0.1, 0.15) is 5.75 Å². The van der Waals surface area contributed by atoms with Gasteiger partial charge >= 0.3 is 5.97 Å². The summed E-state index contributed by atoms with van der Waals surface area (Å²) in [6, 6.07) is 11.0. The molecule has 0 spiro atoms. The fourth-order valence-corrected chi connectivity index (χ4v) is 3.63. The van der Waals surface area contributed by atoms with Gasteiger partial charge in [-0.05, 0) is 42.5 Å². The van der Waals surface area contributed by atoms with Crippen molar-refractivity contribution in [2.45, 2.75) is 26.2 Å². The number of rotatable bonds is 5. The van der Waals surface area contributed by atoms with Gasteiger partial charge in [0.15, 0.2) is 0 Å². The first-order chi connectivity index (χ1) is 12.3. The topological polar surface area (TPSA) is 75.6 Å². The van der Waals surface area contributed by atoms with Crippen molar-refractivity contribution >= 4 is 29.2 Å². The minimum absolute atomic E-state index is 0.109. The molecule has 0 saturated carbocycles. The molecule has 1 amide bonds. The summed E-state index contributed by atoms with van der Waals surface area (Å²) < 4.78 is 5.26. The quantitative estimate of drug-likeness (QED) is 0.834. The summed E-state index contributed by atoms with van der Waals surface area (Å²) in [5, 5.41) is 13.1. The number of fused-ring (bicyclic) bond motifs is 1. The molecular formula is C20H20ClNO4. The first kappa shape index (κ1) is 18.3. The van der Waals surface area contributed by atoms with E-state index in [1.54, 1.807) is 12.1 Å². The molecule has 0 radical (unpaired) electrons. The number of benzene rings is 2.